The fraction of sp³-hybridized carbons (Fsp3) is 0.0909. The molecule has 0 atom stereocenters. The van der Waals surface area contributed by atoms with Crippen molar-refractivity contribution in [2.45, 2.75) is 6.42 Å². The lowest BCUT2D eigenvalue weighted by atomic mass is 10.1. The molecule has 0 saturated heterocycles. The van der Waals surface area contributed by atoms with Crippen LogP contribution in [0.25, 0.3) is 0 Å². The van der Waals surface area contributed by atoms with Gasteiger partial charge in [-0.1, -0.05) is 30.3 Å². The molecule has 4 N–H and O–H groups in total. The number of H-pyrrole nitrogens is 1. The molecule has 0 fully saturated rings. The Bertz CT molecular complexity index is 553. The van der Waals surface area contributed by atoms with Gasteiger partial charge in [-0.3, -0.25) is 15.3 Å². The minimum atomic E-state index is -0.302. The highest BCUT2D eigenvalue weighted by Gasteiger charge is 2.07. The van der Waals surface area contributed by atoms with Gasteiger partial charge in [0.15, 0.2) is 0 Å². The average molecular weight is 216 g/mol. The highest BCUT2D eigenvalue weighted by atomic mass is 16.1. The maximum Gasteiger partial charge on any atom is 0.277 e. The van der Waals surface area contributed by atoms with E-state index in [1.165, 1.54) is 0 Å². The first-order valence-electron chi connectivity index (χ1n) is 4.86. The number of aromatic nitrogens is 2. The Kier molecular flexibility index (Phi) is 2.59. The third kappa shape index (κ3) is 1.88. The SMILES string of the molecule is N=C(N)n1[nH]cc(Cc2ccccc2)c1=O. The van der Waals surface area contributed by atoms with Crippen LogP contribution in [0.4, 0.5) is 0 Å². The Morgan fingerprint density at radius 1 is 1.38 bits per heavy atom. The Morgan fingerprint density at radius 2 is 2.06 bits per heavy atom. The van der Waals surface area contributed by atoms with Gasteiger partial charge in [0.25, 0.3) is 5.56 Å². The van der Waals surface area contributed by atoms with Gasteiger partial charge in [-0.05, 0) is 5.56 Å². The van der Waals surface area contributed by atoms with E-state index in [9.17, 15) is 4.79 Å². The molecule has 0 aliphatic heterocycles. The van der Waals surface area contributed by atoms with Crippen molar-refractivity contribution in [1.82, 2.24) is 9.78 Å². The van der Waals surface area contributed by atoms with E-state index in [2.05, 4.69) is 5.10 Å². The maximum atomic E-state index is 11.7. The van der Waals surface area contributed by atoms with Gasteiger partial charge in [0.2, 0.25) is 5.96 Å². The van der Waals surface area contributed by atoms with Crippen LogP contribution in [-0.2, 0) is 6.42 Å². The molecule has 1 aromatic carbocycles. The first kappa shape index (κ1) is 10.2. The zero-order chi connectivity index (χ0) is 11.5. The average Bonchev–Trinajstić information content (AvgIpc) is 2.62. The van der Waals surface area contributed by atoms with Crippen molar-refractivity contribution in [3.05, 3.63) is 58.0 Å². The van der Waals surface area contributed by atoms with Gasteiger partial charge in [0.1, 0.15) is 0 Å². The van der Waals surface area contributed by atoms with E-state index in [4.69, 9.17) is 11.1 Å². The predicted octanol–water partition coefficient (Wildman–Crippen LogP) is 0.509. The number of hydrogen-bond acceptors (Lipinski definition) is 2. The minimum absolute atomic E-state index is 0.267. The molecule has 0 bridgehead atoms. The number of rotatable bonds is 2. The molecule has 0 aliphatic rings. The Labute approximate surface area is 92.0 Å². The maximum absolute atomic E-state index is 11.7. The second-order valence-corrected chi connectivity index (χ2v) is 3.49. The van der Waals surface area contributed by atoms with Crippen LogP contribution in [0, 0.1) is 5.41 Å². The molecule has 16 heavy (non-hydrogen) atoms. The quantitative estimate of drug-likeness (QED) is 0.504. The molecule has 5 heteroatoms. The van der Waals surface area contributed by atoms with E-state index in [-0.39, 0.29) is 11.5 Å². The molecule has 2 aromatic rings. The van der Waals surface area contributed by atoms with Crippen molar-refractivity contribution in [2.75, 3.05) is 0 Å². The van der Waals surface area contributed by atoms with Crippen LogP contribution in [0.5, 0.6) is 0 Å². The molecule has 0 radical (unpaired) electrons. The zero-order valence-corrected chi connectivity index (χ0v) is 8.60. The van der Waals surface area contributed by atoms with Crippen molar-refractivity contribution >= 4 is 5.96 Å². The molecular weight excluding hydrogens is 204 g/mol. The second kappa shape index (κ2) is 4.06. The smallest absolute Gasteiger partial charge is 0.277 e. The standard InChI is InChI=1S/C11H12N4O/c12-11(13)15-10(16)9(7-14-15)6-8-4-2-1-3-5-8/h1-5,7,14H,6H2,(H3,12,13). The molecule has 1 aromatic heterocycles. The summed E-state index contributed by atoms with van der Waals surface area (Å²) < 4.78 is 1.01. The molecule has 0 spiro atoms. The van der Waals surface area contributed by atoms with Crippen LogP contribution in [0.2, 0.25) is 0 Å². The van der Waals surface area contributed by atoms with Crippen molar-refractivity contribution in [2.24, 2.45) is 5.73 Å². The van der Waals surface area contributed by atoms with Crippen molar-refractivity contribution in [3.63, 3.8) is 0 Å². The molecule has 1 heterocycles. The molecule has 0 unspecified atom stereocenters. The number of hydrogen-bond donors (Lipinski definition) is 3. The summed E-state index contributed by atoms with van der Waals surface area (Å²) in [6.45, 7) is 0. The van der Waals surface area contributed by atoms with E-state index >= 15 is 0 Å². The van der Waals surface area contributed by atoms with Crippen molar-refractivity contribution < 1.29 is 0 Å². The van der Waals surface area contributed by atoms with Crippen LogP contribution < -0.4 is 11.3 Å². The van der Waals surface area contributed by atoms with Crippen LogP contribution in [-0.4, -0.2) is 15.7 Å². The Balaban J connectivity index is 2.30. The number of aromatic amines is 1. The highest BCUT2D eigenvalue weighted by Crippen LogP contribution is 2.04. The van der Waals surface area contributed by atoms with Crippen LogP contribution in [0.3, 0.4) is 0 Å². The lowest BCUT2D eigenvalue weighted by Crippen LogP contribution is -2.31. The van der Waals surface area contributed by atoms with E-state index in [1.54, 1.807) is 6.20 Å². The molecule has 0 aliphatic carbocycles. The Morgan fingerprint density at radius 3 is 2.62 bits per heavy atom. The molecule has 2 rings (SSSR count). The van der Waals surface area contributed by atoms with Gasteiger partial charge < -0.3 is 5.73 Å². The van der Waals surface area contributed by atoms with Gasteiger partial charge >= 0.3 is 0 Å². The zero-order valence-electron chi connectivity index (χ0n) is 8.60. The lowest BCUT2D eigenvalue weighted by molar-refractivity contribution is 0.878. The summed E-state index contributed by atoms with van der Waals surface area (Å²) >= 11 is 0. The van der Waals surface area contributed by atoms with E-state index in [1.807, 2.05) is 30.3 Å². The summed E-state index contributed by atoms with van der Waals surface area (Å²) in [5, 5.41) is 9.83. The fourth-order valence-corrected chi connectivity index (χ4v) is 1.53. The number of nitrogens with one attached hydrogen (secondary N) is 2. The van der Waals surface area contributed by atoms with Crippen molar-refractivity contribution in [1.29, 1.82) is 5.41 Å². The van der Waals surface area contributed by atoms with Gasteiger partial charge in [0.05, 0.1) is 0 Å². The largest absolute Gasteiger partial charge is 0.368 e. The first-order valence-corrected chi connectivity index (χ1v) is 4.86. The van der Waals surface area contributed by atoms with E-state index < -0.39 is 0 Å². The Hall–Kier alpha value is -2.30. The second-order valence-electron chi connectivity index (χ2n) is 3.49. The fourth-order valence-electron chi connectivity index (χ4n) is 1.53. The summed E-state index contributed by atoms with van der Waals surface area (Å²) in [5.41, 5.74) is 6.62. The summed E-state index contributed by atoms with van der Waals surface area (Å²) in [4.78, 5) is 11.7. The van der Waals surface area contributed by atoms with Crippen molar-refractivity contribution in [3.8, 4) is 0 Å². The lowest BCUT2D eigenvalue weighted by Gasteiger charge is -1.96. The van der Waals surface area contributed by atoms with E-state index in [0.29, 0.717) is 12.0 Å². The molecule has 82 valence electrons. The predicted molar refractivity (Wildman–Crippen MR) is 61.6 cm³/mol. The van der Waals surface area contributed by atoms with Gasteiger partial charge in [-0.2, -0.15) is 4.68 Å². The summed E-state index contributed by atoms with van der Waals surface area (Å²) in [5.74, 6) is -0.302. The van der Waals surface area contributed by atoms with Gasteiger partial charge in [-0.25, -0.2) is 0 Å². The monoisotopic (exact) mass is 216 g/mol. The summed E-state index contributed by atoms with van der Waals surface area (Å²) in [6, 6.07) is 9.67. The van der Waals surface area contributed by atoms with Gasteiger partial charge in [0, 0.05) is 18.2 Å². The number of benzene rings is 1. The normalized spacial score (nSPS) is 10.2. The molecule has 5 nitrogen and oxygen atoms in total. The molecule has 0 amide bonds. The van der Waals surface area contributed by atoms with Crippen LogP contribution in [0.15, 0.2) is 41.3 Å². The molecule has 0 saturated carbocycles. The minimum Gasteiger partial charge on any atom is -0.368 e. The molecular formula is C11H12N4O. The third-order valence-corrected chi connectivity index (χ3v) is 2.32. The van der Waals surface area contributed by atoms with Gasteiger partial charge in [-0.15, -0.1) is 0 Å². The topological polar surface area (TPSA) is 87.7 Å². The summed E-state index contributed by atoms with van der Waals surface area (Å²) in [7, 11) is 0. The summed E-state index contributed by atoms with van der Waals surface area (Å²) in [6.07, 6.45) is 2.12. The third-order valence-electron chi connectivity index (χ3n) is 2.32. The van der Waals surface area contributed by atoms with Crippen LogP contribution >= 0.6 is 0 Å². The first-order chi connectivity index (χ1) is 7.68. The number of nitrogens with two attached hydrogens (primary N) is 1. The highest BCUT2D eigenvalue weighted by molar-refractivity contribution is 5.76. The van der Waals surface area contributed by atoms with E-state index in [0.717, 1.165) is 10.2 Å². The number of nitrogen functional groups attached to an aromatic ring is 1. The van der Waals surface area contributed by atoms with Crippen LogP contribution in [0.1, 0.15) is 11.1 Å². The number of nitrogens with zero attached hydrogens (tertiary/aromatic N) is 1.